The number of nitrogens with zero attached hydrogens (tertiary/aromatic N) is 4. The molecule has 3 heterocycles. The summed E-state index contributed by atoms with van der Waals surface area (Å²) in [6, 6.07) is 67.3. The first-order valence-corrected chi connectivity index (χ1v) is 18.8. The highest BCUT2D eigenvalue weighted by Gasteiger charge is 2.21. The Bertz CT molecular complexity index is 3220. The van der Waals surface area contributed by atoms with Gasteiger partial charge in [-0.15, -0.1) is 0 Å². The van der Waals surface area contributed by atoms with Crippen LogP contribution in [-0.4, -0.2) is 19.5 Å². The largest absolute Gasteiger partial charge is 0.434 e. The lowest BCUT2D eigenvalue weighted by molar-refractivity contribution is 0.622. The molecule has 11 rings (SSSR count). The second-order valence-corrected chi connectivity index (χ2v) is 14.0. The fourth-order valence-corrected chi connectivity index (χ4v) is 7.95. The predicted molar refractivity (Wildman–Crippen MR) is 229 cm³/mol. The Labute approximate surface area is 322 Å². The molecule has 0 fully saturated rings. The van der Waals surface area contributed by atoms with Gasteiger partial charge in [0.25, 0.3) is 0 Å². The van der Waals surface area contributed by atoms with Gasteiger partial charge in [-0.3, -0.25) is 0 Å². The molecule has 0 bridgehead atoms. The fourth-order valence-electron chi connectivity index (χ4n) is 7.95. The van der Waals surface area contributed by atoms with E-state index in [-0.39, 0.29) is 0 Å². The molecule has 0 atom stereocenters. The van der Waals surface area contributed by atoms with Crippen LogP contribution >= 0.6 is 0 Å². The smallest absolute Gasteiger partial charge is 0.227 e. The van der Waals surface area contributed by atoms with E-state index in [2.05, 4.69) is 144 Å². The van der Waals surface area contributed by atoms with Crippen molar-refractivity contribution in [3.63, 3.8) is 0 Å². The Morgan fingerprint density at radius 1 is 0.411 bits per heavy atom. The summed E-state index contributed by atoms with van der Waals surface area (Å²) in [6.45, 7) is 0. The molecule has 0 amide bonds. The molecule has 8 aromatic carbocycles. The van der Waals surface area contributed by atoms with E-state index < -0.39 is 0 Å². The lowest BCUT2D eigenvalue weighted by atomic mass is 10.0. The molecule has 0 aliphatic carbocycles. The van der Waals surface area contributed by atoms with Crippen LogP contribution in [0.5, 0.6) is 0 Å². The first-order valence-electron chi connectivity index (χ1n) is 18.8. The second-order valence-electron chi connectivity index (χ2n) is 14.0. The van der Waals surface area contributed by atoms with Crippen molar-refractivity contribution in [1.82, 2.24) is 19.5 Å². The normalized spacial score (nSPS) is 11.6. The van der Waals surface area contributed by atoms with E-state index in [0.717, 1.165) is 72.4 Å². The summed E-state index contributed by atoms with van der Waals surface area (Å²) in [5, 5.41) is 4.67. The van der Waals surface area contributed by atoms with Crippen LogP contribution in [0.15, 0.2) is 199 Å². The van der Waals surface area contributed by atoms with E-state index >= 15 is 0 Å². The van der Waals surface area contributed by atoms with E-state index in [9.17, 15) is 0 Å². The second kappa shape index (κ2) is 13.0. The Morgan fingerprint density at radius 3 is 1.80 bits per heavy atom. The van der Waals surface area contributed by atoms with E-state index in [0.29, 0.717) is 11.7 Å². The van der Waals surface area contributed by atoms with Crippen LogP contribution in [0.3, 0.4) is 0 Å². The molecule has 0 N–H and O–H groups in total. The van der Waals surface area contributed by atoms with Crippen molar-refractivity contribution in [2.45, 2.75) is 0 Å². The van der Waals surface area contributed by atoms with Crippen molar-refractivity contribution in [3.05, 3.63) is 194 Å². The molecule has 5 heteroatoms. The summed E-state index contributed by atoms with van der Waals surface area (Å²) in [6.07, 6.45) is 0. The highest BCUT2D eigenvalue weighted by molar-refractivity contribution is 6.25. The number of hydrogen-bond acceptors (Lipinski definition) is 4. The molecule has 0 saturated carbocycles. The predicted octanol–water partition coefficient (Wildman–Crippen LogP) is 13.2. The summed E-state index contributed by atoms with van der Waals surface area (Å²) in [4.78, 5) is 15.3. The van der Waals surface area contributed by atoms with Gasteiger partial charge in [-0.2, -0.15) is 0 Å². The van der Waals surface area contributed by atoms with Crippen LogP contribution in [-0.2, 0) is 0 Å². The molecule has 0 unspecified atom stereocenters. The molecule has 56 heavy (non-hydrogen) atoms. The molecule has 0 spiro atoms. The number of oxazole rings is 1. The van der Waals surface area contributed by atoms with Crippen molar-refractivity contribution in [2.75, 3.05) is 0 Å². The zero-order valence-corrected chi connectivity index (χ0v) is 30.2. The third kappa shape index (κ3) is 5.37. The van der Waals surface area contributed by atoms with Crippen molar-refractivity contribution in [1.29, 1.82) is 0 Å². The molecular weight excluding hydrogens is 685 g/mol. The van der Waals surface area contributed by atoms with E-state index in [1.807, 2.05) is 54.6 Å². The van der Waals surface area contributed by atoms with Crippen LogP contribution in [0.2, 0.25) is 0 Å². The zero-order chi connectivity index (χ0) is 37.0. The van der Waals surface area contributed by atoms with Gasteiger partial charge in [0.1, 0.15) is 5.52 Å². The van der Waals surface area contributed by atoms with Crippen LogP contribution in [0, 0.1) is 0 Å². The van der Waals surface area contributed by atoms with Gasteiger partial charge in [-0.1, -0.05) is 146 Å². The van der Waals surface area contributed by atoms with E-state index in [1.54, 1.807) is 0 Å². The maximum Gasteiger partial charge on any atom is 0.227 e. The Kier molecular flexibility index (Phi) is 7.42. The van der Waals surface area contributed by atoms with Crippen LogP contribution in [0.1, 0.15) is 0 Å². The minimum atomic E-state index is 0.599. The topological polar surface area (TPSA) is 56.7 Å². The molecular formula is C51H32N4O. The van der Waals surface area contributed by atoms with Gasteiger partial charge < -0.3 is 8.98 Å². The van der Waals surface area contributed by atoms with E-state index in [1.165, 1.54) is 21.7 Å². The Morgan fingerprint density at radius 2 is 1.04 bits per heavy atom. The summed E-state index contributed by atoms with van der Waals surface area (Å²) in [5.74, 6) is 1.27. The number of fused-ring (bicyclic) bond motifs is 7. The number of rotatable bonds is 6. The van der Waals surface area contributed by atoms with Gasteiger partial charge in [0, 0.05) is 38.7 Å². The third-order valence-electron chi connectivity index (χ3n) is 10.6. The van der Waals surface area contributed by atoms with Crippen molar-refractivity contribution in [2.24, 2.45) is 0 Å². The van der Waals surface area contributed by atoms with Crippen molar-refractivity contribution < 1.29 is 4.42 Å². The molecule has 0 aliphatic rings. The summed E-state index contributed by atoms with van der Waals surface area (Å²) in [7, 11) is 0. The maximum atomic E-state index is 6.70. The molecule has 0 radical (unpaired) electrons. The monoisotopic (exact) mass is 716 g/mol. The first-order chi connectivity index (χ1) is 27.7. The SMILES string of the molecule is c1ccc(-c2ccc(-c3nc(-c4ccccc4)cc(-c4cccc(-n5c6ccc7ccccc7c6c6ccc7nc(-c8ccccc8)oc7c65)c4)n3)cc2)cc1. The average molecular weight is 717 g/mol. The van der Waals surface area contributed by atoms with E-state index in [4.69, 9.17) is 19.4 Å². The number of benzene rings is 8. The Hall–Kier alpha value is -7.63. The third-order valence-corrected chi connectivity index (χ3v) is 10.6. The standard InChI is InChI=1S/C51H32N4O/c1-4-13-33(14-5-1)34-23-25-37(26-24-34)50-52-44(36-16-6-2-7-17-36)32-45(53-50)39-20-12-21-40(31-39)55-46-30-27-35-15-10-11-22-41(35)47(46)42-28-29-43-49(48(42)55)56-51(54-43)38-18-8-3-9-19-38/h1-32H. The quantitative estimate of drug-likeness (QED) is 0.172. The molecule has 11 aromatic rings. The average Bonchev–Trinajstić information content (AvgIpc) is 3.87. The lowest BCUT2D eigenvalue weighted by Gasteiger charge is -2.13. The van der Waals surface area contributed by atoms with Gasteiger partial charge in [0.2, 0.25) is 5.89 Å². The van der Waals surface area contributed by atoms with Crippen LogP contribution < -0.4 is 0 Å². The van der Waals surface area contributed by atoms with Gasteiger partial charge in [-0.05, 0) is 70.4 Å². The van der Waals surface area contributed by atoms with Gasteiger partial charge in [0.05, 0.1) is 22.4 Å². The van der Waals surface area contributed by atoms with Gasteiger partial charge >= 0.3 is 0 Å². The van der Waals surface area contributed by atoms with Crippen LogP contribution in [0.25, 0.3) is 106 Å². The first kappa shape index (κ1) is 31.9. The Balaban J connectivity index is 1.12. The van der Waals surface area contributed by atoms with Gasteiger partial charge in [-0.25, -0.2) is 15.0 Å². The van der Waals surface area contributed by atoms with Crippen molar-refractivity contribution in [3.8, 4) is 62.2 Å². The molecule has 5 nitrogen and oxygen atoms in total. The highest BCUT2D eigenvalue weighted by Crippen LogP contribution is 2.42. The van der Waals surface area contributed by atoms with Crippen LogP contribution in [0.4, 0.5) is 0 Å². The summed E-state index contributed by atoms with van der Waals surface area (Å²) < 4.78 is 9.02. The highest BCUT2D eigenvalue weighted by atomic mass is 16.3. The summed E-state index contributed by atoms with van der Waals surface area (Å²) in [5.41, 5.74) is 12.6. The molecule has 3 aromatic heterocycles. The summed E-state index contributed by atoms with van der Waals surface area (Å²) >= 11 is 0. The number of hydrogen-bond donors (Lipinski definition) is 0. The molecule has 0 aliphatic heterocycles. The molecule has 0 saturated heterocycles. The fraction of sp³-hybridized carbons (Fsp3) is 0. The lowest BCUT2D eigenvalue weighted by Crippen LogP contribution is -1.98. The minimum Gasteiger partial charge on any atom is -0.434 e. The minimum absolute atomic E-state index is 0.599. The number of aromatic nitrogens is 4. The molecule has 262 valence electrons. The van der Waals surface area contributed by atoms with Crippen molar-refractivity contribution >= 4 is 43.7 Å². The van der Waals surface area contributed by atoms with Gasteiger partial charge in [0.15, 0.2) is 11.4 Å². The zero-order valence-electron chi connectivity index (χ0n) is 30.2. The maximum absolute atomic E-state index is 6.70.